The van der Waals surface area contributed by atoms with E-state index in [1.165, 1.54) is 24.3 Å². The minimum absolute atomic E-state index is 0.0993. The number of allylic oxidation sites excluding steroid dienone is 6. The molecule has 5 N–H and O–H groups in total. The molecule has 1 aromatic carbocycles. The Balaban J connectivity index is 3.04. The molecule has 158 valence electrons. The molecule has 0 heterocycles. The van der Waals surface area contributed by atoms with Crippen molar-refractivity contribution in [3.63, 3.8) is 0 Å². The van der Waals surface area contributed by atoms with E-state index < -0.39 is 29.5 Å². The molecule has 2 amide bonds. The highest BCUT2D eigenvalue weighted by Crippen LogP contribution is 2.36. The number of benzene rings is 1. The Bertz CT molecular complexity index is 825. The monoisotopic (exact) mass is 420 g/mol. The number of urea groups is 1. The van der Waals surface area contributed by atoms with Gasteiger partial charge in [-0.2, -0.15) is 26.3 Å². The zero-order valence-corrected chi connectivity index (χ0v) is 14.9. The van der Waals surface area contributed by atoms with E-state index >= 15 is 0 Å². The third-order valence-electron chi connectivity index (χ3n) is 3.46. The van der Waals surface area contributed by atoms with E-state index in [9.17, 15) is 31.1 Å². The van der Waals surface area contributed by atoms with Gasteiger partial charge in [0.2, 0.25) is 0 Å². The van der Waals surface area contributed by atoms with E-state index in [4.69, 9.17) is 11.7 Å². The predicted octanol–water partition coefficient (Wildman–Crippen LogP) is 4.60. The molecule has 0 aliphatic heterocycles. The van der Waals surface area contributed by atoms with Gasteiger partial charge in [0.05, 0.1) is 11.3 Å². The van der Waals surface area contributed by atoms with Crippen LogP contribution >= 0.6 is 0 Å². The van der Waals surface area contributed by atoms with E-state index in [1.54, 1.807) is 5.43 Å². The number of amides is 2. The number of halogens is 6. The molecule has 0 atom stereocenters. The summed E-state index contributed by atoms with van der Waals surface area (Å²) in [6.07, 6.45) is -2.16. The number of nitrogens with one attached hydrogen (secondary N) is 1. The van der Waals surface area contributed by atoms with Crippen LogP contribution in [0, 0.1) is 0 Å². The molecule has 5 nitrogen and oxygen atoms in total. The summed E-state index contributed by atoms with van der Waals surface area (Å²) in [7, 11) is 0. The molecular formula is C18H18F6N4O. The number of hydrogen-bond acceptors (Lipinski definition) is 3. The van der Waals surface area contributed by atoms with Gasteiger partial charge in [0, 0.05) is 11.1 Å². The minimum Gasteiger partial charge on any atom is -0.274 e. The fourth-order valence-corrected chi connectivity index (χ4v) is 2.05. The average molecular weight is 420 g/mol. The van der Waals surface area contributed by atoms with Gasteiger partial charge in [-0.15, -0.1) is 0 Å². The SMILES string of the molecule is C=C(/C=C\C=C/C/C=C/c1c(N(N)C(=O)NN)cccc1C(F)(F)F)C(F)(F)F. The molecular weight excluding hydrogens is 402 g/mol. The lowest BCUT2D eigenvalue weighted by molar-refractivity contribution is -0.137. The number of hydrogen-bond donors (Lipinski definition) is 3. The summed E-state index contributed by atoms with van der Waals surface area (Å²) in [6.45, 7) is 2.86. The van der Waals surface area contributed by atoms with Crippen molar-refractivity contribution in [1.29, 1.82) is 0 Å². The molecule has 11 heteroatoms. The molecule has 29 heavy (non-hydrogen) atoms. The summed E-state index contributed by atoms with van der Waals surface area (Å²) in [6, 6.07) is 2.07. The zero-order chi connectivity index (χ0) is 22.2. The fraction of sp³-hybridized carbons (Fsp3) is 0.167. The Kier molecular flexibility index (Phi) is 8.22. The largest absolute Gasteiger partial charge is 0.417 e. The molecule has 0 fully saturated rings. The summed E-state index contributed by atoms with van der Waals surface area (Å²) < 4.78 is 76.6. The Morgan fingerprint density at radius 1 is 1.14 bits per heavy atom. The normalized spacial score (nSPS) is 12.8. The van der Waals surface area contributed by atoms with Crippen molar-refractivity contribution >= 4 is 17.8 Å². The molecule has 0 saturated heterocycles. The Morgan fingerprint density at radius 2 is 1.79 bits per heavy atom. The van der Waals surface area contributed by atoms with Crippen LogP contribution in [-0.4, -0.2) is 12.2 Å². The second kappa shape index (κ2) is 9.94. The standard InChI is InChI=1S/C18H18F6N4O/c1-12(17(19,20)21)8-5-3-2-4-6-9-13-14(18(22,23)24)10-7-11-15(13)28(26)16(29)27-25/h2-3,5-11H,1,4,25-26H2,(H,27,29)/b3-2-,8-5-,9-6+. The van der Waals surface area contributed by atoms with E-state index in [-0.39, 0.29) is 17.7 Å². The molecule has 0 aliphatic rings. The van der Waals surface area contributed by atoms with Gasteiger partial charge in [0.1, 0.15) is 0 Å². The van der Waals surface area contributed by atoms with Crippen molar-refractivity contribution in [2.75, 3.05) is 5.01 Å². The first kappa shape index (κ1) is 24.0. The van der Waals surface area contributed by atoms with Crippen molar-refractivity contribution in [2.45, 2.75) is 18.8 Å². The van der Waals surface area contributed by atoms with Gasteiger partial charge in [-0.1, -0.05) is 49.1 Å². The van der Waals surface area contributed by atoms with Gasteiger partial charge in [-0.3, -0.25) is 5.43 Å². The lowest BCUT2D eigenvalue weighted by Gasteiger charge is -2.21. The molecule has 0 saturated carbocycles. The van der Waals surface area contributed by atoms with Crippen molar-refractivity contribution in [3.05, 3.63) is 71.9 Å². The van der Waals surface area contributed by atoms with Gasteiger partial charge >= 0.3 is 18.4 Å². The molecule has 1 aromatic rings. The highest BCUT2D eigenvalue weighted by atomic mass is 19.4. The number of anilines is 1. The first-order valence-electron chi connectivity index (χ1n) is 7.91. The predicted molar refractivity (Wildman–Crippen MR) is 98.0 cm³/mol. The summed E-state index contributed by atoms with van der Waals surface area (Å²) in [5.41, 5.74) is -0.981. The lowest BCUT2D eigenvalue weighted by atomic mass is 10.0. The summed E-state index contributed by atoms with van der Waals surface area (Å²) in [4.78, 5) is 11.6. The highest BCUT2D eigenvalue weighted by molar-refractivity contribution is 5.93. The Hall–Kier alpha value is -3.05. The first-order chi connectivity index (χ1) is 13.4. The maximum Gasteiger partial charge on any atom is 0.417 e. The third-order valence-corrected chi connectivity index (χ3v) is 3.46. The van der Waals surface area contributed by atoms with Crippen LogP contribution in [0.3, 0.4) is 0 Å². The van der Waals surface area contributed by atoms with Crippen LogP contribution in [-0.2, 0) is 6.18 Å². The quantitative estimate of drug-likeness (QED) is 0.207. The maximum absolute atomic E-state index is 13.3. The topological polar surface area (TPSA) is 84.4 Å². The first-order valence-corrected chi connectivity index (χ1v) is 7.91. The van der Waals surface area contributed by atoms with Crippen molar-refractivity contribution in [3.8, 4) is 0 Å². The van der Waals surface area contributed by atoms with Gasteiger partial charge in [0.15, 0.2) is 0 Å². The number of carbonyl (C=O) groups is 1. The van der Waals surface area contributed by atoms with Crippen LogP contribution in [0.25, 0.3) is 6.08 Å². The van der Waals surface area contributed by atoms with Gasteiger partial charge < -0.3 is 0 Å². The van der Waals surface area contributed by atoms with E-state index in [0.29, 0.717) is 5.01 Å². The van der Waals surface area contributed by atoms with Crippen LogP contribution in [0.5, 0.6) is 0 Å². The van der Waals surface area contributed by atoms with Crippen LogP contribution in [0.1, 0.15) is 17.5 Å². The van der Waals surface area contributed by atoms with Crippen molar-refractivity contribution in [2.24, 2.45) is 11.7 Å². The molecule has 0 aliphatic carbocycles. The van der Waals surface area contributed by atoms with Crippen molar-refractivity contribution < 1.29 is 31.1 Å². The molecule has 0 spiro atoms. The lowest BCUT2D eigenvalue weighted by Crippen LogP contribution is -2.48. The molecule has 0 unspecified atom stereocenters. The number of nitrogens with zero attached hydrogens (tertiary/aromatic N) is 1. The van der Waals surface area contributed by atoms with Crippen LogP contribution in [0.4, 0.5) is 36.8 Å². The number of rotatable bonds is 6. The summed E-state index contributed by atoms with van der Waals surface area (Å²) in [5, 5.41) is 0.427. The van der Waals surface area contributed by atoms with E-state index in [2.05, 4.69) is 6.58 Å². The van der Waals surface area contributed by atoms with Crippen LogP contribution < -0.4 is 22.1 Å². The van der Waals surface area contributed by atoms with Crippen LogP contribution in [0.2, 0.25) is 0 Å². The number of alkyl halides is 6. The Labute approximate surface area is 162 Å². The number of hydrazine groups is 2. The van der Waals surface area contributed by atoms with Gasteiger partial charge in [-0.25, -0.2) is 21.5 Å². The number of nitrogens with two attached hydrogens (primary N) is 2. The average Bonchev–Trinajstić information content (AvgIpc) is 2.64. The van der Waals surface area contributed by atoms with Crippen LogP contribution in [0.15, 0.2) is 60.7 Å². The zero-order valence-electron chi connectivity index (χ0n) is 14.9. The van der Waals surface area contributed by atoms with E-state index in [1.807, 2.05) is 0 Å². The molecule has 0 aromatic heterocycles. The van der Waals surface area contributed by atoms with Crippen molar-refractivity contribution in [1.82, 2.24) is 5.43 Å². The van der Waals surface area contributed by atoms with Gasteiger partial charge in [-0.05, 0) is 18.6 Å². The second-order valence-electron chi connectivity index (χ2n) is 5.50. The minimum atomic E-state index is -4.72. The smallest absolute Gasteiger partial charge is 0.274 e. The summed E-state index contributed by atoms with van der Waals surface area (Å²) >= 11 is 0. The highest BCUT2D eigenvalue weighted by Gasteiger charge is 2.34. The molecule has 0 bridgehead atoms. The molecule has 1 rings (SSSR count). The van der Waals surface area contributed by atoms with E-state index in [0.717, 1.165) is 30.4 Å². The number of carbonyl (C=O) groups excluding carboxylic acids is 1. The summed E-state index contributed by atoms with van der Waals surface area (Å²) in [5.74, 6) is 10.5. The second-order valence-corrected chi connectivity index (χ2v) is 5.50. The fourth-order valence-electron chi connectivity index (χ4n) is 2.05. The maximum atomic E-state index is 13.3. The Morgan fingerprint density at radius 3 is 2.34 bits per heavy atom. The molecule has 0 radical (unpaired) electrons. The van der Waals surface area contributed by atoms with Gasteiger partial charge in [0.25, 0.3) is 0 Å². The third kappa shape index (κ3) is 7.12.